The molecule has 1 aromatic rings. The van der Waals surface area contributed by atoms with Gasteiger partial charge in [0.05, 0.1) is 24.9 Å². The monoisotopic (exact) mass is 251 g/mol. The third kappa shape index (κ3) is 2.36. The summed E-state index contributed by atoms with van der Waals surface area (Å²) in [5.41, 5.74) is 1.24. The minimum absolute atomic E-state index is 0.665. The Hall–Kier alpha value is -0.910. The van der Waals surface area contributed by atoms with E-state index in [-0.39, 0.29) is 0 Å². The summed E-state index contributed by atoms with van der Waals surface area (Å²) in [5, 5.41) is 0. The van der Waals surface area contributed by atoms with Crippen LogP contribution in [0.15, 0.2) is 18.3 Å². The zero-order valence-electron chi connectivity index (χ0n) is 9.76. The summed E-state index contributed by atoms with van der Waals surface area (Å²) in [5.74, 6) is 0. The second-order valence-electron chi connectivity index (χ2n) is 4.63. The number of aromatic nitrogens is 1. The standard InChI is InChI=1S/C12H17N3OS/c17-12-2-1-10(7-13-12)14-3-5-15(6-4-14)11-8-16-9-11/h1-2,7,11H,3-6,8-9H2,(H,13,17). The SMILES string of the molecule is S=c1ccc(N2CCN(C3COC3)CC2)c[nH]1. The number of piperazine rings is 1. The summed E-state index contributed by atoms with van der Waals surface area (Å²) in [4.78, 5) is 8.03. The van der Waals surface area contributed by atoms with Gasteiger partial charge in [-0.15, -0.1) is 0 Å². The number of hydrogen-bond acceptors (Lipinski definition) is 4. The molecule has 0 bridgehead atoms. The van der Waals surface area contributed by atoms with Gasteiger partial charge >= 0.3 is 0 Å². The van der Waals surface area contributed by atoms with Gasteiger partial charge in [0, 0.05) is 32.4 Å². The molecule has 2 aliphatic rings. The summed E-state index contributed by atoms with van der Waals surface area (Å²) < 4.78 is 6.03. The van der Waals surface area contributed by atoms with Gasteiger partial charge in [-0.2, -0.15) is 0 Å². The van der Waals surface area contributed by atoms with Crippen molar-refractivity contribution in [1.82, 2.24) is 9.88 Å². The topological polar surface area (TPSA) is 31.5 Å². The second kappa shape index (κ2) is 4.76. The second-order valence-corrected chi connectivity index (χ2v) is 5.07. The van der Waals surface area contributed by atoms with Crippen LogP contribution in [0.25, 0.3) is 0 Å². The summed E-state index contributed by atoms with van der Waals surface area (Å²) in [7, 11) is 0. The van der Waals surface area contributed by atoms with Gasteiger partial charge in [0.25, 0.3) is 0 Å². The molecule has 3 heterocycles. The first-order valence-electron chi connectivity index (χ1n) is 6.08. The van der Waals surface area contributed by atoms with Crippen molar-refractivity contribution in [2.45, 2.75) is 6.04 Å². The minimum Gasteiger partial charge on any atom is -0.378 e. The first-order valence-corrected chi connectivity index (χ1v) is 6.49. The van der Waals surface area contributed by atoms with Gasteiger partial charge in [0.15, 0.2) is 0 Å². The maximum Gasteiger partial charge on any atom is 0.103 e. The van der Waals surface area contributed by atoms with Crippen LogP contribution in [0, 0.1) is 4.64 Å². The predicted octanol–water partition coefficient (Wildman–Crippen LogP) is 1.26. The van der Waals surface area contributed by atoms with Crippen LogP contribution in [-0.2, 0) is 4.74 Å². The molecule has 0 unspecified atom stereocenters. The molecule has 2 fully saturated rings. The molecule has 0 spiro atoms. The molecule has 0 amide bonds. The number of hydrogen-bond donors (Lipinski definition) is 1. The van der Waals surface area contributed by atoms with Gasteiger partial charge in [-0.3, -0.25) is 4.90 Å². The van der Waals surface area contributed by atoms with Crippen LogP contribution in [0.4, 0.5) is 5.69 Å². The van der Waals surface area contributed by atoms with Gasteiger partial charge < -0.3 is 14.6 Å². The summed E-state index contributed by atoms with van der Waals surface area (Å²) in [6.07, 6.45) is 2.00. The number of aromatic amines is 1. The molecule has 1 N–H and O–H groups in total. The highest BCUT2D eigenvalue weighted by atomic mass is 32.1. The van der Waals surface area contributed by atoms with E-state index in [1.54, 1.807) is 0 Å². The molecule has 17 heavy (non-hydrogen) atoms. The molecule has 0 aliphatic carbocycles. The van der Waals surface area contributed by atoms with Gasteiger partial charge in [0.2, 0.25) is 0 Å². The Morgan fingerprint density at radius 1 is 1.18 bits per heavy atom. The molecule has 0 saturated carbocycles. The molecule has 0 aromatic carbocycles. The zero-order valence-corrected chi connectivity index (χ0v) is 10.6. The summed E-state index contributed by atoms with van der Waals surface area (Å²) in [6, 6.07) is 4.72. The van der Waals surface area contributed by atoms with E-state index >= 15 is 0 Å². The molecule has 2 aliphatic heterocycles. The fourth-order valence-electron chi connectivity index (χ4n) is 2.38. The Morgan fingerprint density at radius 2 is 1.94 bits per heavy atom. The van der Waals surface area contributed by atoms with Crippen molar-refractivity contribution < 1.29 is 4.74 Å². The van der Waals surface area contributed by atoms with Crippen molar-refractivity contribution in [3.05, 3.63) is 23.0 Å². The number of rotatable bonds is 2. The van der Waals surface area contributed by atoms with Gasteiger partial charge in [0.1, 0.15) is 4.64 Å². The highest BCUT2D eigenvalue weighted by Gasteiger charge is 2.28. The van der Waals surface area contributed by atoms with Crippen LogP contribution < -0.4 is 4.90 Å². The number of nitrogens with one attached hydrogen (secondary N) is 1. The molecule has 0 atom stereocenters. The average Bonchev–Trinajstić information content (AvgIpc) is 2.29. The average molecular weight is 251 g/mol. The smallest absolute Gasteiger partial charge is 0.103 e. The van der Waals surface area contributed by atoms with Crippen LogP contribution in [-0.4, -0.2) is 55.3 Å². The third-order valence-electron chi connectivity index (χ3n) is 3.58. The van der Waals surface area contributed by atoms with Crippen LogP contribution in [0.1, 0.15) is 0 Å². The lowest BCUT2D eigenvalue weighted by molar-refractivity contribution is -0.0660. The molecule has 2 saturated heterocycles. The van der Waals surface area contributed by atoms with E-state index in [0.29, 0.717) is 6.04 Å². The summed E-state index contributed by atoms with van der Waals surface area (Å²) in [6.45, 7) is 6.26. The Morgan fingerprint density at radius 3 is 2.47 bits per heavy atom. The molecule has 1 aromatic heterocycles. The Labute approximate surface area is 106 Å². The molecular formula is C12H17N3OS. The molecule has 92 valence electrons. The molecular weight excluding hydrogens is 234 g/mol. The number of pyridine rings is 1. The van der Waals surface area contributed by atoms with E-state index < -0.39 is 0 Å². The number of H-pyrrole nitrogens is 1. The number of anilines is 1. The van der Waals surface area contributed by atoms with Crippen molar-refractivity contribution in [1.29, 1.82) is 0 Å². The van der Waals surface area contributed by atoms with E-state index in [0.717, 1.165) is 44.0 Å². The predicted molar refractivity (Wildman–Crippen MR) is 70.0 cm³/mol. The Balaban J connectivity index is 1.60. The lowest BCUT2D eigenvalue weighted by atomic mass is 10.2. The first-order chi connectivity index (χ1) is 8.33. The van der Waals surface area contributed by atoms with E-state index in [9.17, 15) is 0 Å². The lowest BCUT2D eigenvalue weighted by Gasteiger charge is -2.43. The maximum atomic E-state index is 5.24. The number of ether oxygens (including phenoxy) is 1. The van der Waals surface area contributed by atoms with Gasteiger partial charge in [-0.25, -0.2) is 0 Å². The highest BCUT2D eigenvalue weighted by molar-refractivity contribution is 7.71. The van der Waals surface area contributed by atoms with E-state index in [1.807, 2.05) is 12.3 Å². The highest BCUT2D eigenvalue weighted by Crippen LogP contribution is 2.18. The molecule has 3 rings (SSSR count). The van der Waals surface area contributed by atoms with Crippen LogP contribution in [0.3, 0.4) is 0 Å². The summed E-state index contributed by atoms with van der Waals surface area (Å²) >= 11 is 5.05. The molecule has 4 nitrogen and oxygen atoms in total. The van der Waals surface area contributed by atoms with Gasteiger partial charge in [-0.05, 0) is 12.1 Å². The van der Waals surface area contributed by atoms with Crippen molar-refractivity contribution >= 4 is 17.9 Å². The van der Waals surface area contributed by atoms with Crippen LogP contribution in [0.2, 0.25) is 0 Å². The van der Waals surface area contributed by atoms with Crippen LogP contribution >= 0.6 is 12.2 Å². The fraction of sp³-hybridized carbons (Fsp3) is 0.583. The van der Waals surface area contributed by atoms with E-state index in [4.69, 9.17) is 17.0 Å². The van der Waals surface area contributed by atoms with E-state index in [2.05, 4.69) is 20.9 Å². The zero-order chi connectivity index (χ0) is 11.7. The van der Waals surface area contributed by atoms with E-state index in [1.165, 1.54) is 5.69 Å². The van der Waals surface area contributed by atoms with Crippen molar-refractivity contribution in [2.24, 2.45) is 0 Å². The number of nitrogens with zero attached hydrogens (tertiary/aromatic N) is 2. The Kier molecular flexibility index (Phi) is 3.13. The maximum absolute atomic E-state index is 5.24. The third-order valence-corrected chi connectivity index (χ3v) is 3.84. The normalized spacial score (nSPS) is 22.5. The lowest BCUT2D eigenvalue weighted by Crippen LogP contribution is -2.56. The minimum atomic E-state index is 0.665. The Bertz CT molecular complexity index is 415. The largest absolute Gasteiger partial charge is 0.378 e. The quantitative estimate of drug-likeness (QED) is 0.802. The van der Waals surface area contributed by atoms with Gasteiger partial charge in [-0.1, -0.05) is 12.2 Å². The molecule has 5 heteroatoms. The molecule has 0 radical (unpaired) electrons. The first kappa shape index (κ1) is 11.2. The van der Waals surface area contributed by atoms with Crippen molar-refractivity contribution in [3.63, 3.8) is 0 Å². The fourth-order valence-corrected chi connectivity index (χ4v) is 2.51. The van der Waals surface area contributed by atoms with Crippen LogP contribution in [0.5, 0.6) is 0 Å². The van der Waals surface area contributed by atoms with Crippen molar-refractivity contribution in [2.75, 3.05) is 44.3 Å². The van der Waals surface area contributed by atoms with Crippen molar-refractivity contribution in [3.8, 4) is 0 Å².